The molecule has 14 heteroatoms. The first kappa shape index (κ1) is 36.6. The van der Waals surface area contributed by atoms with Crippen LogP contribution in [-0.2, 0) is 29.5 Å². The third kappa shape index (κ3) is 7.38. The Kier molecular flexibility index (Phi) is 10.0. The maximum atomic E-state index is 13.1. The smallest absolute Gasteiger partial charge is 0.355 e. The largest absolute Gasteiger partial charge is 0.393 e. The molecule has 278 valence electrons. The van der Waals surface area contributed by atoms with E-state index in [0.29, 0.717) is 48.6 Å². The van der Waals surface area contributed by atoms with E-state index in [0.717, 1.165) is 69.4 Å². The van der Waals surface area contributed by atoms with Gasteiger partial charge in [0.25, 0.3) is 0 Å². The van der Waals surface area contributed by atoms with Crippen LogP contribution < -0.4 is 4.90 Å². The number of benzene rings is 2. The van der Waals surface area contributed by atoms with Crippen LogP contribution in [0.4, 0.5) is 19.0 Å². The van der Waals surface area contributed by atoms with Crippen molar-refractivity contribution in [1.29, 1.82) is 5.26 Å². The lowest BCUT2D eigenvalue weighted by atomic mass is 9.72. The molecule has 5 heterocycles. The summed E-state index contributed by atoms with van der Waals surface area (Å²) >= 11 is 0. The van der Waals surface area contributed by atoms with E-state index in [1.165, 1.54) is 23.5 Å². The van der Waals surface area contributed by atoms with E-state index >= 15 is 0 Å². The molecular weight excluding hydrogens is 690 g/mol. The van der Waals surface area contributed by atoms with Crippen molar-refractivity contribution in [2.24, 2.45) is 5.41 Å². The highest BCUT2D eigenvalue weighted by molar-refractivity contribution is 7.89. The Morgan fingerprint density at radius 3 is 2.46 bits per heavy atom. The maximum absolute atomic E-state index is 13.1. The van der Waals surface area contributed by atoms with Crippen molar-refractivity contribution in [1.82, 2.24) is 28.6 Å². The Hall–Kier alpha value is -3.77. The van der Waals surface area contributed by atoms with Crippen molar-refractivity contribution < 1.29 is 21.6 Å². The molecule has 3 fully saturated rings. The number of nitriles is 1. The van der Waals surface area contributed by atoms with Gasteiger partial charge in [-0.05, 0) is 101 Å². The quantitative estimate of drug-likeness (QED) is 0.215. The molecule has 2 aromatic heterocycles. The number of hydrogen-bond acceptors (Lipinski definition) is 8. The molecule has 0 aliphatic carbocycles. The molecule has 0 saturated carbocycles. The Morgan fingerprint density at radius 2 is 1.75 bits per heavy atom. The Labute approximate surface area is 303 Å². The molecule has 7 rings (SSSR count). The molecule has 0 N–H and O–H groups in total. The van der Waals surface area contributed by atoms with Gasteiger partial charge in [-0.3, -0.25) is 9.80 Å². The minimum absolute atomic E-state index is 0.118. The van der Waals surface area contributed by atoms with Crippen molar-refractivity contribution in [3.63, 3.8) is 0 Å². The van der Waals surface area contributed by atoms with E-state index in [4.69, 9.17) is 0 Å². The predicted octanol–water partition coefficient (Wildman–Crippen LogP) is 5.72. The van der Waals surface area contributed by atoms with E-state index in [2.05, 4.69) is 61.3 Å². The van der Waals surface area contributed by atoms with Crippen molar-refractivity contribution in [2.75, 3.05) is 63.0 Å². The second-order valence-electron chi connectivity index (χ2n) is 15.0. The first-order valence-electron chi connectivity index (χ1n) is 18.3. The molecule has 3 saturated heterocycles. The van der Waals surface area contributed by atoms with Crippen LogP contribution in [0.2, 0.25) is 0 Å². The molecule has 2 aromatic carbocycles. The van der Waals surface area contributed by atoms with Crippen LogP contribution in [0.1, 0.15) is 55.5 Å². The molecular formula is C38H47F3N8O2S. The lowest BCUT2D eigenvalue weighted by Gasteiger charge is -2.54. The number of aromatic nitrogens is 3. The lowest BCUT2D eigenvalue weighted by Crippen LogP contribution is -2.60. The van der Waals surface area contributed by atoms with Gasteiger partial charge in [-0.15, -0.1) is 0 Å². The van der Waals surface area contributed by atoms with Crippen LogP contribution in [0, 0.1) is 23.7 Å². The summed E-state index contributed by atoms with van der Waals surface area (Å²) in [5.74, 6) is 0.830. The monoisotopic (exact) mass is 736 g/mol. The Bertz CT molecular complexity index is 2090. The van der Waals surface area contributed by atoms with E-state index in [-0.39, 0.29) is 22.8 Å². The molecule has 0 bridgehead atoms. The van der Waals surface area contributed by atoms with Gasteiger partial charge >= 0.3 is 6.18 Å². The number of fused-ring (bicyclic) bond motifs is 2. The van der Waals surface area contributed by atoms with Gasteiger partial charge in [-0.1, -0.05) is 12.1 Å². The lowest BCUT2D eigenvalue weighted by molar-refractivity contribution is -0.127. The highest BCUT2D eigenvalue weighted by Crippen LogP contribution is 2.44. The minimum Gasteiger partial charge on any atom is -0.355 e. The number of aryl methyl sites for hydroxylation is 1. The van der Waals surface area contributed by atoms with Gasteiger partial charge in [0.1, 0.15) is 23.9 Å². The van der Waals surface area contributed by atoms with Gasteiger partial charge in [0, 0.05) is 73.6 Å². The van der Waals surface area contributed by atoms with Crippen molar-refractivity contribution >= 4 is 37.6 Å². The van der Waals surface area contributed by atoms with Gasteiger partial charge in [0.2, 0.25) is 10.0 Å². The highest BCUT2D eigenvalue weighted by atomic mass is 32.2. The number of hydrogen-bond donors (Lipinski definition) is 0. The van der Waals surface area contributed by atoms with Crippen molar-refractivity contribution in [2.45, 2.75) is 71.8 Å². The molecule has 4 aromatic rings. The molecule has 1 spiro atoms. The van der Waals surface area contributed by atoms with Crippen molar-refractivity contribution in [3.05, 3.63) is 65.1 Å². The van der Waals surface area contributed by atoms with Crippen LogP contribution in [0.15, 0.2) is 42.7 Å². The zero-order valence-electron chi connectivity index (χ0n) is 30.2. The molecule has 1 atom stereocenters. The SMILES string of the molecule is CCS(=O)(=O)N1CCCN(C(C)Cn2c(C#N)cc3c(C)c(CN4CCC5(CC4)CN(c4ncnc6ccc(CC(F)(F)F)cc46)C5)ccc32)CC1. The molecule has 10 nitrogen and oxygen atoms in total. The van der Waals surface area contributed by atoms with Crippen molar-refractivity contribution in [3.8, 4) is 6.07 Å². The van der Waals surface area contributed by atoms with Gasteiger partial charge in [-0.25, -0.2) is 22.7 Å². The zero-order chi connectivity index (χ0) is 36.8. The summed E-state index contributed by atoms with van der Waals surface area (Å²) in [6.45, 7) is 13.6. The number of halogens is 3. The molecule has 3 aliphatic rings. The standard InChI is InChI=1S/C38H47F3N8O2S/c1-4-52(50,51)48-13-5-12-46(16-17-48)27(2)22-49-31(21-42)19-32-28(3)30(7-9-35(32)49)23-45-14-10-37(11-15-45)24-47(25-37)36-33-18-29(20-38(39,40)41)6-8-34(33)43-26-44-36/h6-9,18-19,26-27H,4-5,10-17,20,22-25H2,1-3H3. The first-order valence-corrected chi connectivity index (χ1v) is 19.9. The van der Waals surface area contributed by atoms with Gasteiger partial charge < -0.3 is 9.47 Å². The van der Waals surface area contributed by atoms with E-state index in [1.54, 1.807) is 23.4 Å². The fourth-order valence-corrected chi connectivity index (χ4v) is 9.65. The summed E-state index contributed by atoms with van der Waals surface area (Å²) in [6.07, 6.45) is -0.879. The molecule has 52 heavy (non-hydrogen) atoms. The highest BCUT2D eigenvalue weighted by Gasteiger charge is 2.45. The second kappa shape index (κ2) is 14.2. The summed E-state index contributed by atoms with van der Waals surface area (Å²) in [5, 5.41) is 11.9. The number of piperidine rings is 1. The average Bonchev–Trinajstić information content (AvgIpc) is 3.26. The predicted molar refractivity (Wildman–Crippen MR) is 197 cm³/mol. The summed E-state index contributed by atoms with van der Waals surface area (Å²) in [7, 11) is -3.21. The Morgan fingerprint density at radius 1 is 0.981 bits per heavy atom. The summed E-state index contributed by atoms with van der Waals surface area (Å²) in [5.41, 5.74) is 5.16. The number of likely N-dealkylation sites (tertiary alicyclic amines) is 1. The van der Waals surface area contributed by atoms with Gasteiger partial charge in [0.05, 0.1) is 17.7 Å². The summed E-state index contributed by atoms with van der Waals surface area (Å²) < 4.78 is 67.9. The number of anilines is 1. The average molecular weight is 737 g/mol. The molecule has 0 amide bonds. The van der Waals surface area contributed by atoms with E-state index in [9.17, 15) is 26.9 Å². The van der Waals surface area contributed by atoms with E-state index in [1.807, 2.05) is 6.07 Å². The van der Waals surface area contributed by atoms with Crippen LogP contribution in [0.25, 0.3) is 21.8 Å². The van der Waals surface area contributed by atoms with Gasteiger partial charge in [0.15, 0.2) is 0 Å². The number of sulfonamides is 1. The van der Waals surface area contributed by atoms with E-state index < -0.39 is 22.6 Å². The van der Waals surface area contributed by atoms with Crippen LogP contribution in [0.3, 0.4) is 0 Å². The minimum atomic E-state index is -4.27. The molecule has 0 radical (unpaired) electrons. The normalized spacial score (nSPS) is 19.9. The third-order valence-electron chi connectivity index (χ3n) is 11.6. The second-order valence-corrected chi connectivity index (χ2v) is 17.3. The third-order valence-corrected chi connectivity index (χ3v) is 13.5. The number of rotatable bonds is 9. The Balaban J connectivity index is 0.982. The summed E-state index contributed by atoms with van der Waals surface area (Å²) in [4.78, 5) is 15.8. The number of nitrogens with zero attached hydrogens (tertiary/aromatic N) is 8. The fourth-order valence-electron chi connectivity index (χ4n) is 8.52. The first-order chi connectivity index (χ1) is 24.8. The molecule has 3 aliphatic heterocycles. The van der Waals surface area contributed by atoms with Crippen LogP contribution in [0.5, 0.6) is 0 Å². The maximum Gasteiger partial charge on any atom is 0.393 e. The summed E-state index contributed by atoms with van der Waals surface area (Å²) in [6, 6.07) is 13.6. The molecule has 1 unspecified atom stereocenters. The van der Waals surface area contributed by atoms with Crippen LogP contribution >= 0.6 is 0 Å². The number of alkyl halides is 3. The van der Waals surface area contributed by atoms with Crippen LogP contribution in [-0.4, -0.2) is 107 Å². The topological polar surface area (TPSA) is 102 Å². The fraction of sp³-hybridized carbons (Fsp3) is 0.553. The van der Waals surface area contributed by atoms with Gasteiger partial charge in [-0.2, -0.15) is 18.4 Å². The zero-order valence-corrected chi connectivity index (χ0v) is 31.0.